The van der Waals surface area contributed by atoms with Gasteiger partial charge in [0.25, 0.3) is 5.91 Å². The van der Waals surface area contributed by atoms with Gasteiger partial charge >= 0.3 is 0 Å². The Morgan fingerprint density at radius 1 is 0.944 bits per heavy atom. The topological polar surface area (TPSA) is 38.8 Å². The van der Waals surface area contributed by atoms with Gasteiger partial charge in [0.05, 0.1) is 6.61 Å². The van der Waals surface area contributed by atoms with Crippen molar-refractivity contribution in [2.45, 2.75) is 129 Å². The van der Waals surface area contributed by atoms with Gasteiger partial charge in [-0.25, -0.2) is 0 Å². The van der Waals surface area contributed by atoms with Crippen molar-refractivity contribution in [2.24, 2.45) is 0 Å². The molecule has 36 heavy (non-hydrogen) atoms. The molecule has 1 heterocycles. The zero-order valence-corrected chi connectivity index (χ0v) is 23.2. The number of ether oxygens (including phenoxy) is 2. The Kier molecular flexibility index (Phi) is 17.3. The fraction of sp³-hybridized carbons (Fsp3) is 0.719. The summed E-state index contributed by atoms with van der Waals surface area (Å²) in [6.45, 7) is 8.69. The Bertz CT molecular complexity index is 698. The van der Waals surface area contributed by atoms with Crippen molar-refractivity contribution in [3.05, 3.63) is 48.0 Å². The lowest BCUT2D eigenvalue weighted by molar-refractivity contribution is -0.169. The lowest BCUT2D eigenvalue weighted by Crippen LogP contribution is -2.33. The molecule has 204 valence electrons. The van der Waals surface area contributed by atoms with Crippen LogP contribution in [0.5, 0.6) is 0 Å². The minimum Gasteiger partial charge on any atom is -0.353 e. The third-order valence-electron chi connectivity index (χ3n) is 7.23. The van der Waals surface area contributed by atoms with Crippen LogP contribution in [-0.4, -0.2) is 36.8 Å². The molecule has 0 bridgehead atoms. The van der Waals surface area contributed by atoms with Crippen LogP contribution >= 0.6 is 0 Å². The van der Waals surface area contributed by atoms with Crippen molar-refractivity contribution in [3.8, 4) is 0 Å². The zero-order chi connectivity index (χ0) is 25.7. The smallest absolute Gasteiger partial charge is 0.254 e. The van der Waals surface area contributed by atoms with Gasteiger partial charge in [0.1, 0.15) is 0 Å². The van der Waals surface area contributed by atoms with E-state index in [9.17, 15) is 4.79 Å². The van der Waals surface area contributed by atoms with E-state index < -0.39 is 0 Å². The molecule has 0 saturated carbocycles. The molecule has 1 aromatic rings. The number of nitrogens with zero attached hydrogens (tertiary/aromatic N) is 1. The molecule has 1 saturated heterocycles. The van der Waals surface area contributed by atoms with Crippen LogP contribution in [0, 0.1) is 0 Å². The largest absolute Gasteiger partial charge is 0.353 e. The van der Waals surface area contributed by atoms with Crippen molar-refractivity contribution < 1.29 is 14.3 Å². The van der Waals surface area contributed by atoms with Crippen LogP contribution in [0.3, 0.4) is 0 Å². The van der Waals surface area contributed by atoms with Gasteiger partial charge < -0.3 is 14.4 Å². The summed E-state index contributed by atoms with van der Waals surface area (Å²) >= 11 is 0. The number of rotatable bonds is 21. The van der Waals surface area contributed by atoms with Crippen molar-refractivity contribution in [1.82, 2.24) is 4.90 Å². The molecule has 1 aromatic carbocycles. The number of hydrogen-bond donors (Lipinski definition) is 0. The molecule has 2 rings (SSSR count). The normalized spacial score (nSPS) is 15.6. The summed E-state index contributed by atoms with van der Waals surface area (Å²) < 4.78 is 11.7. The average Bonchev–Trinajstić information content (AvgIpc) is 2.92. The molecule has 0 aromatic heterocycles. The van der Waals surface area contributed by atoms with Gasteiger partial charge in [-0.1, -0.05) is 115 Å². The van der Waals surface area contributed by atoms with Crippen LogP contribution in [-0.2, 0) is 16.1 Å². The molecule has 4 heteroatoms. The second kappa shape index (κ2) is 20.4. The molecular formula is C32H53NO3. The fourth-order valence-corrected chi connectivity index (χ4v) is 4.98. The molecule has 1 atom stereocenters. The predicted octanol–water partition coefficient (Wildman–Crippen LogP) is 8.84. The molecular weight excluding hydrogens is 446 g/mol. The first-order chi connectivity index (χ1) is 17.8. The summed E-state index contributed by atoms with van der Waals surface area (Å²) in [5.41, 5.74) is 1.67. The van der Waals surface area contributed by atoms with Crippen molar-refractivity contribution in [1.29, 1.82) is 0 Å². The monoisotopic (exact) mass is 499 g/mol. The first kappa shape index (κ1) is 30.6. The molecule has 0 radical (unpaired) electrons. The molecule has 1 unspecified atom stereocenters. The van der Waals surface area contributed by atoms with Crippen molar-refractivity contribution in [2.75, 3.05) is 19.7 Å². The quantitative estimate of drug-likeness (QED) is 0.125. The molecule has 4 nitrogen and oxygen atoms in total. The van der Waals surface area contributed by atoms with Gasteiger partial charge in [0.15, 0.2) is 6.29 Å². The van der Waals surface area contributed by atoms with Crippen LogP contribution in [0.15, 0.2) is 36.9 Å². The average molecular weight is 500 g/mol. The highest BCUT2D eigenvalue weighted by Gasteiger charge is 2.19. The Morgan fingerprint density at radius 2 is 1.56 bits per heavy atom. The molecule has 0 N–H and O–H groups in total. The fourth-order valence-electron chi connectivity index (χ4n) is 4.98. The Morgan fingerprint density at radius 3 is 2.14 bits per heavy atom. The SMILES string of the molecule is C=CCN(CCCCCCCCCCCCCCCC)C(=O)c1ccccc1COC1CCCCO1. The van der Waals surface area contributed by atoms with E-state index in [4.69, 9.17) is 9.47 Å². The lowest BCUT2D eigenvalue weighted by Gasteiger charge is -2.25. The van der Waals surface area contributed by atoms with Gasteiger partial charge in [0.2, 0.25) is 0 Å². The third-order valence-corrected chi connectivity index (χ3v) is 7.23. The number of carbonyl (C=O) groups is 1. The van der Waals surface area contributed by atoms with Crippen LogP contribution in [0.4, 0.5) is 0 Å². The predicted molar refractivity (Wildman–Crippen MR) is 151 cm³/mol. The van der Waals surface area contributed by atoms with E-state index >= 15 is 0 Å². The first-order valence-electron chi connectivity index (χ1n) is 15.0. The van der Waals surface area contributed by atoms with Gasteiger partial charge in [-0.05, 0) is 37.3 Å². The van der Waals surface area contributed by atoms with E-state index in [-0.39, 0.29) is 12.2 Å². The molecule has 0 spiro atoms. The van der Waals surface area contributed by atoms with Gasteiger partial charge in [0, 0.05) is 25.3 Å². The van der Waals surface area contributed by atoms with E-state index in [0.29, 0.717) is 13.2 Å². The Balaban J connectivity index is 1.62. The third kappa shape index (κ3) is 13.1. The highest BCUT2D eigenvalue weighted by atomic mass is 16.7. The van der Waals surface area contributed by atoms with Crippen molar-refractivity contribution in [3.63, 3.8) is 0 Å². The molecule has 1 fully saturated rings. The minimum absolute atomic E-state index is 0.0772. The van der Waals surface area contributed by atoms with E-state index in [0.717, 1.165) is 50.0 Å². The Hall–Kier alpha value is -1.65. The lowest BCUT2D eigenvalue weighted by atomic mass is 10.0. The number of hydrogen-bond acceptors (Lipinski definition) is 3. The number of benzene rings is 1. The van der Waals surface area contributed by atoms with Crippen LogP contribution in [0.25, 0.3) is 0 Å². The second-order valence-electron chi connectivity index (χ2n) is 10.4. The molecule has 0 aliphatic carbocycles. The maximum Gasteiger partial charge on any atom is 0.254 e. The van der Waals surface area contributed by atoms with E-state index in [1.165, 1.54) is 83.5 Å². The minimum atomic E-state index is -0.151. The summed E-state index contributed by atoms with van der Waals surface area (Å²) in [5, 5.41) is 0. The number of amides is 1. The Labute approximate surface area is 221 Å². The summed E-state index contributed by atoms with van der Waals surface area (Å²) in [6, 6.07) is 7.83. The van der Waals surface area contributed by atoms with Crippen LogP contribution < -0.4 is 0 Å². The zero-order valence-electron chi connectivity index (χ0n) is 23.2. The maximum absolute atomic E-state index is 13.4. The van der Waals surface area contributed by atoms with Gasteiger partial charge in [-0.15, -0.1) is 6.58 Å². The number of unbranched alkanes of at least 4 members (excludes halogenated alkanes) is 13. The summed E-state index contributed by atoms with van der Waals surface area (Å²) in [7, 11) is 0. The summed E-state index contributed by atoms with van der Waals surface area (Å²) in [5.74, 6) is 0.0772. The van der Waals surface area contributed by atoms with Gasteiger partial charge in [-0.3, -0.25) is 4.79 Å². The van der Waals surface area contributed by atoms with E-state index in [1.807, 2.05) is 35.2 Å². The highest BCUT2D eigenvalue weighted by Crippen LogP contribution is 2.19. The number of carbonyl (C=O) groups excluding carboxylic acids is 1. The standard InChI is InChI=1S/C32H53NO3/c1-3-5-6-7-8-9-10-11-12-13-14-15-16-20-26-33(25-4-2)32(34)30-23-18-17-22-29(30)28-36-31-24-19-21-27-35-31/h4,17-18,22-23,31H,2-3,5-16,19-21,24-28H2,1H3. The van der Waals surface area contributed by atoms with Gasteiger partial charge in [-0.2, -0.15) is 0 Å². The molecule has 1 aliphatic rings. The van der Waals surface area contributed by atoms with Crippen molar-refractivity contribution >= 4 is 5.91 Å². The summed E-state index contributed by atoms with van der Waals surface area (Å²) in [6.07, 6.45) is 23.6. The second-order valence-corrected chi connectivity index (χ2v) is 10.4. The molecule has 1 amide bonds. The maximum atomic E-state index is 13.4. The highest BCUT2D eigenvalue weighted by molar-refractivity contribution is 5.95. The van der Waals surface area contributed by atoms with E-state index in [1.54, 1.807) is 0 Å². The van der Waals surface area contributed by atoms with Crippen LogP contribution in [0.2, 0.25) is 0 Å². The van der Waals surface area contributed by atoms with Crippen LogP contribution in [0.1, 0.15) is 132 Å². The van der Waals surface area contributed by atoms with E-state index in [2.05, 4.69) is 13.5 Å². The first-order valence-corrected chi connectivity index (χ1v) is 15.0. The molecule has 1 aliphatic heterocycles. The summed E-state index contributed by atoms with van der Waals surface area (Å²) in [4.78, 5) is 15.3.